The third-order valence-electron chi connectivity index (χ3n) is 6.50. The summed E-state index contributed by atoms with van der Waals surface area (Å²) in [5.41, 5.74) is -1.17. The molecule has 3 aliphatic rings. The van der Waals surface area contributed by atoms with Crippen molar-refractivity contribution in [1.29, 1.82) is 0 Å². The zero-order valence-electron chi connectivity index (χ0n) is 19.3. The monoisotopic (exact) mass is 467 g/mol. The zero-order chi connectivity index (χ0) is 24.4. The van der Waals surface area contributed by atoms with Gasteiger partial charge in [0.05, 0.1) is 31.4 Å². The van der Waals surface area contributed by atoms with E-state index >= 15 is 0 Å². The molecule has 1 aromatic heterocycles. The van der Waals surface area contributed by atoms with Gasteiger partial charge in [-0.2, -0.15) is 0 Å². The summed E-state index contributed by atoms with van der Waals surface area (Å²) in [4.78, 5) is 54.9. The van der Waals surface area contributed by atoms with Crippen molar-refractivity contribution in [2.75, 3.05) is 18.6 Å². The van der Waals surface area contributed by atoms with Crippen molar-refractivity contribution >= 4 is 29.6 Å². The number of nitrogens with zero attached hydrogens (tertiary/aromatic N) is 3. The Morgan fingerprint density at radius 1 is 1.15 bits per heavy atom. The highest BCUT2D eigenvalue weighted by molar-refractivity contribution is 6.23. The molecule has 0 saturated carbocycles. The van der Waals surface area contributed by atoms with Crippen LogP contribution in [0.3, 0.4) is 0 Å². The lowest BCUT2D eigenvalue weighted by molar-refractivity contribution is -0.158. The number of carbonyl (C=O) groups is 4. The Labute approximate surface area is 195 Å². The molecule has 3 aliphatic heterocycles. The molecular formula is C24H25N3O7. The first-order valence-electron chi connectivity index (χ1n) is 11.0. The fourth-order valence-electron chi connectivity index (χ4n) is 5.41. The molecule has 1 aromatic carbocycles. The molecular weight excluding hydrogens is 442 g/mol. The van der Waals surface area contributed by atoms with Gasteiger partial charge < -0.3 is 13.9 Å². The van der Waals surface area contributed by atoms with Crippen LogP contribution in [0.1, 0.15) is 44.4 Å². The second-order valence-electron chi connectivity index (χ2n) is 9.54. The second-order valence-corrected chi connectivity index (χ2v) is 9.54. The number of ether oxygens (including phenoxy) is 2. The topological polar surface area (TPSA) is 110 Å². The molecule has 2 aromatic rings. The van der Waals surface area contributed by atoms with E-state index in [9.17, 15) is 19.2 Å². The number of anilines is 1. The summed E-state index contributed by atoms with van der Waals surface area (Å²) in [5.74, 6) is -1.71. The van der Waals surface area contributed by atoms with Gasteiger partial charge in [-0.3, -0.25) is 14.6 Å². The Hall–Kier alpha value is -3.66. The van der Waals surface area contributed by atoms with Crippen molar-refractivity contribution in [1.82, 2.24) is 10.0 Å². The number of hydrogen-bond donors (Lipinski definition) is 0. The molecule has 1 spiro atoms. The molecule has 1 unspecified atom stereocenters. The van der Waals surface area contributed by atoms with Gasteiger partial charge in [0.15, 0.2) is 6.04 Å². The van der Waals surface area contributed by atoms with Crippen LogP contribution in [0.5, 0.6) is 0 Å². The summed E-state index contributed by atoms with van der Waals surface area (Å²) in [6, 6.07) is 6.36. The van der Waals surface area contributed by atoms with E-state index in [1.807, 2.05) is 0 Å². The van der Waals surface area contributed by atoms with Gasteiger partial charge in [0.2, 0.25) is 5.91 Å². The maximum atomic E-state index is 14.4. The standard InChI is InChI=1S/C24H25N3O7/c1-23(2,3)34-22(31)26-16-8-6-5-7-15(16)24(21(26)30)18(14-10-12-33-13-14)25-11-9-17(28)27(25)19(24)20(29)32-4/h5-8,10,12-13,18-19H,9,11H2,1-4H3/t18-,19+,24?/m0/s1. The molecule has 0 aliphatic carbocycles. The first-order chi connectivity index (χ1) is 16.1. The number of hydrazine groups is 1. The lowest BCUT2D eigenvalue weighted by atomic mass is 9.68. The van der Waals surface area contributed by atoms with Gasteiger partial charge >= 0.3 is 12.1 Å². The minimum absolute atomic E-state index is 0.184. The van der Waals surface area contributed by atoms with Gasteiger partial charge in [0.25, 0.3) is 5.91 Å². The van der Waals surface area contributed by atoms with Crippen LogP contribution < -0.4 is 4.90 Å². The third-order valence-corrected chi connectivity index (χ3v) is 6.50. The number of carbonyl (C=O) groups excluding carboxylic acids is 4. The Morgan fingerprint density at radius 3 is 2.53 bits per heavy atom. The average molecular weight is 467 g/mol. The highest BCUT2D eigenvalue weighted by Gasteiger charge is 2.74. The van der Waals surface area contributed by atoms with Crippen LogP contribution in [-0.4, -0.2) is 59.2 Å². The molecule has 34 heavy (non-hydrogen) atoms. The fraction of sp³-hybridized carbons (Fsp3) is 0.417. The van der Waals surface area contributed by atoms with Crippen LogP contribution in [0.4, 0.5) is 10.5 Å². The SMILES string of the molecule is COC(=O)[C@H]1N2C(=O)CCN2[C@@H](c2ccoc2)C12C(=O)N(C(=O)OC(C)(C)C)c1ccccc12. The van der Waals surface area contributed by atoms with Crippen LogP contribution in [0.15, 0.2) is 47.3 Å². The summed E-state index contributed by atoms with van der Waals surface area (Å²) in [6.07, 6.45) is 2.28. The predicted octanol–water partition coefficient (Wildman–Crippen LogP) is 2.54. The molecule has 0 N–H and O–H groups in total. The summed E-state index contributed by atoms with van der Waals surface area (Å²) in [5, 5.41) is 3.03. The molecule has 10 heteroatoms. The zero-order valence-corrected chi connectivity index (χ0v) is 19.3. The summed E-state index contributed by atoms with van der Waals surface area (Å²) in [7, 11) is 1.21. The third kappa shape index (κ3) is 2.84. The molecule has 178 valence electrons. The van der Waals surface area contributed by atoms with Crippen molar-refractivity contribution in [3.63, 3.8) is 0 Å². The Bertz CT molecular complexity index is 1190. The minimum atomic E-state index is -1.65. The van der Waals surface area contributed by atoms with E-state index in [0.717, 1.165) is 4.90 Å². The maximum Gasteiger partial charge on any atom is 0.421 e. The van der Waals surface area contributed by atoms with E-state index in [1.165, 1.54) is 24.6 Å². The first-order valence-corrected chi connectivity index (χ1v) is 11.0. The van der Waals surface area contributed by atoms with E-state index in [1.54, 1.807) is 56.1 Å². The number of methoxy groups -OCH3 is 1. The van der Waals surface area contributed by atoms with Gasteiger partial charge in [-0.25, -0.2) is 19.5 Å². The van der Waals surface area contributed by atoms with Gasteiger partial charge in [0, 0.05) is 18.5 Å². The van der Waals surface area contributed by atoms with E-state index in [2.05, 4.69) is 0 Å². The van der Waals surface area contributed by atoms with Crippen molar-refractivity contribution in [3.8, 4) is 0 Å². The van der Waals surface area contributed by atoms with Gasteiger partial charge in [-0.1, -0.05) is 18.2 Å². The lowest BCUT2D eigenvalue weighted by Gasteiger charge is -2.33. The van der Waals surface area contributed by atoms with E-state index < -0.39 is 41.1 Å². The van der Waals surface area contributed by atoms with Gasteiger partial charge in [-0.15, -0.1) is 0 Å². The summed E-state index contributed by atoms with van der Waals surface area (Å²) in [6.45, 7) is 5.41. The Balaban J connectivity index is 1.79. The molecule has 5 rings (SSSR count). The van der Waals surface area contributed by atoms with Crippen molar-refractivity contribution in [3.05, 3.63) is 54.0 Å². The van der Waals surface area contributed by atoms with E-state index in [4.69, 9.17) is 13.9 Å². The predicted molar refractivity (Wildman–Crippen MR) is 117 cm³/mol. The molecule has 2 fully saturated rings. The summed E-state index contributed by atoms with van der Waals surface area (Å²) < 4.78 is 16.0. The number of hydrogen-bond acceptors (Lipinski definition) is 8. The molecule has 2 saturated heterocycles. The normalized spacial score (nSPS) is 26.2. The van der Waals surface area contributed by atoms with Gasteiger partial charge in [0.1, 0.15) is 11.0 Å². The Kier molecular flexibility index (Phi) is 4.84. The summed E-state index contributed by atoms with van der Waals surface area (Å²) >= 11 is 0. The van der Waals surface area contributed by atoms with Crippen LogP contribution in [0, 0.1) is 0 Å². The number of fused-ring (bicyclic) bond motifs is 3. The fourth-order valence-corrected chi connectivity index (χ4v) is 5.41. The molecule has 10 nitrogen and oxygen atoms in total. The number of esters is 1. The highest BCUT2D eigenvalue weighted by atomic mass is 16.6. The molecule has 4 heterocycles. The van der Waals surface area contributed by atoms with Crippen LogP contribution in [-0.2, 0) is 29.3 Å². The lowest BCUT2D eigenvalue weighted by Crippen LogP contribution is -2.57. The smallest absolute Gasteiger partial charge is 0.421 e. The number of imide groups is 1. The van der Waals surface area contributed by atoms with Crippen molar-refractivity contribution < 1.29 is 33.1 Å². The van der Waals surface area contributed by atoms with Crippen LogP contribution in [0.25, 0.3) is 0 Å². The number of rotatable bonds is 2. The second kappa shape index (κ2) is 7.42. The van der Waals surface area contributed by atoms with Crippen molar-refractivity contribution in [2.45, 2.75) is 50.3 Å². The largest absolute Gasteiger partial charge is 0.472 e. The quantitative estimate of drug-likeness (QED) is 0.620. The Morgan fingerprint density at radius 2 is 1.88 bits per heavy atom. The van der Waals surface area contributed by atoms with Crippen LogP contribution in [0.2, 0.25) is 0 Å². The van der Waals surface area contributed by atoms with E-state index in [-0.39, 0.29) is 12.3 Å². The van der Waals surface area contributed by atoms with E-state index in [0.29, 0.717) is 23.4 Å². The molecule has 3 atom stereocenters. The molecule has 3 amide bonds. The highest BCUT2D eigenvalue weighted by Crippen LogP contribution is 2.60. The number of benzene rings is 1. The first kappa shape index (κ1) is 22.1. The number of amides is 3. The minimum Gasteiger partial charge on any atom is -0.472 e. The van der Waals surface area contributed by atoms with Crippen LogP contribution >= 0.6 is 0 Å². The van der Waals surface area contributed by atoms with Crippen molar-refractivity contribution in [2.24, 2.45) is 0 Å². The maximum absolute atomic E-state index is 14.4. The molecule has 0 bridgehead atoms. The number of para-hydroxylation sites is 1. The van der Waals surface area contributed by atoms with Gasteiger partial charge in [-0.05, 0) is 38.5 Å². The molecule has 0 radical (unpaired) electrons. The average Bonchev–Trinajstić information content (AvgIpc) is 3.52. The number of furan rings is 1.